The Morgan fingerprint density at radius 2 is 2.24 bits per heavy atom. The Morgan fingerprint density at radius 1 is 1.47 bits per heavy atom. The van der Waals surface area contributed by atoms with Crippen molar-refractivity contribution in [2.24, 2.45) is 11.8 Å². The summed E-state index contributed by atoms with van der Waals surface area (Å²) < 4.78 is 1.98. The van der Waals surface area contributed by atoms with E-state index in [2.05, 4.69) is 10.4 Å². The Balaban J connectivity index is 1.72. The zero-order valence-corrected chi connectivity index (χ0v) is 10.2. The lowest BCUT2D eigenvalue weighted by molar-refractivity contribution is -0.776. The molecule has 0 radical (unpaired) electrons. The molecule has 4 nitrogen and oxygen atoms in total. The highest BCUT2D eigenvalue weighted by molar-refractivity contribution is 6.28. The summed E-state index contributed by atoms with van der Waals surface area (Å²) in [6.07, 6.45) is 5.84. The van der Waals surface area contributed by atoms with E-state index < -0.39 is 0 Å². The van der Waals surface area contributed by atoms with Crippen LogP contribution in [0, 0.1) is 11.8 Å². The highest BCUT2D eigenvalue weighted by Gasteiger charge is 2.50. The molecule has 0 spiro atoms. The van der Waals surface area contributed by atoms with Crippen LogP contribution in [0.25, 0.3) is 0 Å². The standard InChI is InChI=1S/C12H14ClN3O/c13-7-12(17)14-11-2-1-3-16(15-11)10-5-8-4-9(8)6-10/h1-3,8-10H,4-7H2/p+1. The topological polar surface area (TPSA) is 45.9 Å². The summed E-state index contributed by atoms with van der Waals surface area (Å²) in [6.45, 7) is 0. The first-order valence-corrected chi connectivity index (χ1v) is 6.54. The molecule has 5 heteroatoms. The van der Waals surface area contributed by atoms with Gasteiger partial charge in [0.2, 0.25) is 11.7 Å². The molecule has 2 fully saturated rings. The van der Waals surface area contributed by atoms with Crippen LogP contribution in [0.5, 0.6) is 0 Å². The number of amides is 1. The summed E-state index contributed by atoms with van der Waals surface area (Å²) in [5.41, 5.74) is 0. The Hall–Kier alpha value is -1.16. The van der Waals surface area contributed by atoms with Gasteiger partial charge < -0.3 is 5.32 Å². The predicted molar refractivity (Wildman–Crippen MR) is 63.6 cm³/mol. The van der Waals surface area contributed by atoms with Gasteiger partial charge in [-0.3, -0.25) is 4.79 Å². The molecule has 2 saturated carbocycles. The van der Waals surface area contributed by atoms with E-state index in [4.69, 9.17) is 11.6 Å². The maximum Gasteiger partial charge on any atom is 0.240 e. The molecule has 17 heavy (non-hydrogen) atoms. The van der Waals surface area contributed by atoms with Crippen LogP contribution >= 0.6 is 11.6 Å². The van der Waals surface area contributed by atoms with Crippen LogP contribution in [0.3, 0.4) is 0 Å². The number of hydrogen-bond donors (Lipinski definition) is 1. The average molecular weight is 253 g/mol. The number of hydrogen-bond acceptors (Lipinski definition) is 2. The quantitative estimate of drug-likeness (QED) is 0.655. The third kappa shape index (κ3) is 2.27. The van der Waals surface area contributed by atoms with Crippen LogP contribution in [-0.2, 0) is 4.79 Å². The van der Waals surface area contributed by atoms with Gasteiger partial charge in [0.15, 0.2) is 12.2 Å². The molecular formula is C12H15ClN3O+. The number of aromatic nitrogens is 2. The molecule has 0 aromatic carbocycles. The predicted octanol–water partition coefficient (Wildman–Crippen LogP) is 1.52. The number of nitrogens with one attached hydrogen (secondary N) is 1. The summed E-state index contributed by atoms with van der Waals surface area (Å²) in [4.78, 5) is 11.2. The van der Waals surface area contributed by atoms with E-state index in [-0.39, 0.29) is 11.8 Å². The lowest BCUT2D eigenvalue weighted by Gasteiger charge is -2.05. The average Bonchev–Trinajstić information content (AvgIpc) is 2.96. The Morgan fingerprint density at radius 3 is 2.94 bits per heavy atom. The van der Waals surface area contributed by atoms with Gasteiger partial charge in [0.25, 0.3) is 0 Å². The smallest absolute Gasteiger partial charge is 0.240 e. The van der Waals surface area contributed by atoms with Gasteiger partial charge in [-0.2, -0.15) is 0 Å². The first-order chi connectivity index (χ1) is 8.26. The zero-order valence-electron chi connectivity index (χ0n) is 9.47. The van der Waals surface area contributed by atoms with Crippen molar-refractivity contribution in [3.05, 3.63) is 18.3 Å². The van der Waals surface area contributed by atoms with E-state index in [0.717, 1.165) is 11.8 Å². The highest BCUT2D eigenvalue weighted by Crippen LogP contribution is 2.54. The molecule has 1 heterocycles. The first kappa shape index (κ1) is 11.0. The Bertz CT molecular complexity index is 441. The monoisotopic (exact) mass is 252 g/mol. The molecule has 3 rings (SSSR count). The molecule has 1 aromatic rings. The van der Waals surface area contributed by atoms with Crippen molar-refractivity contribution in [2.45, 2.75) is 25.3 Å². The van der Waals surface area contributed by atoms with Gasteiger partial charge in [-0.05, 0) is 24.3 Å². The molecule has 1 N–H and O–H groups in total. The minimum Gasteiger partial charge on any atom is -0.305 e. The van der Waals surface area contributed by atoms with Crippen molar-refractivity contribution in [1.82, 2.24) is 5.10 Å². The number of nitrogens with zero attached hydrogens (tertiary/aromatic N) is 2. The van der Waals surface area contributed by atoms with Gasteiger partial charge in [-0.15, -0.1) is 11.6 Å². The van der Waals surface area contributed by atoms with Gasteiger partial charge in [0.1, 0.15) is 5.88 Å². The van der Waals surface area contributed by atoms with Crippen molar-refractivity contribution in [2.75, 3.05) is 11.2 Å². The van der Waals surface area contributed by atoms with Gasteiger partial charge in [-0.25, -0.2) is 0 Å². The van der Waals surface area contributed by atoms with Gasteiger partial charge in [0, 0.05) is 24.0 Å². The third-order valence-electron chi connectivity index (χ3n) is 3.70. The van der Waals surface area contributed by atoms with Crippen LogP contribution in [0.1, 0.15) is 25.3 Å². The van der Waals surface area contributed by atoms with Crippen molar-refractivity contribution >= 4 is 23.3 Å². The minimum atomic E-state index is -0.216. The number of fused-ring (bicyclic) bond motifs is 1. The van der Waals surface area contributed by atoms with Gasteiger partial charge >= 0.3 is 0 Å². The molecule has 1 amide bonds. The largest absolute Gasteiger partial charge is 0.305 e. The van der Waals surface area contributed by atoms with Crippen molar-refractivity contribution < 1.29 is 9.48 Å². The Kier molecular flexibility index (Phi) is 2.74. The normalized spacial score (nSPS) is 29.8. The second-order valence-electron chi connectivity index (χ2n) is 4.94. The fourth-order valence-electron chi connectivity index (χ4n) is 2.76. The zero-order chi connectivity index (χ0) is 11.8. The Labute approximate surface area is 105 Å². The molecule has 0 saturated heterocycles. The molecule has 0 bridgehead atoms. The molecule has 2 aliphatic rings. The van der Waals surface area contributed by atoms with Crippen LogP contribution in [-0.4, -0.2) is 16.9 Å². The SMILES string of the molecule is O=C(CCl)Nc1ccc[n+](C2CC3CC3C2)n1. The molecule has 2 aliphatic carbocycles. The molecular weight excluding hydrogens is 238 g/mol. The third-order valence-corrected chi connectivity index (χ3v) is 3.94. The first-order valence-electron chi connectivity index (χ1n) is 6.00. The van der Waals surface area contributed by atoms with Crippen molar-refractivity contribution in [1.29, 1.82) is 0 Å². The maximum atomic E-state index is 11.2. The number of carbonyl (C=O) groups is 1. The summed E-state index contributed by atoms with van der Waals surface area (Å²) in [6, 6.07) is 4.21. The highest BCUT2D eigenvalue weighted by atomic mass is 35.5. The second kappa shape index (κ2) is 4.26. The molecule has 2 unspecified atom stereocenters. The minimum absolute atomic E-state index is 0.0375. The number of alkyl halides is 1. The van der Waals surface area contributed by atoms with E-state index in [1.807, 2.05) is 16.9 Å². The lowest BCUT2D eigenvalue weighted by Crippen LogP contribution is -2.42. The van der Waals surface area contributed by atoms with E-state index in [9.17, 15) is 4.79 Å². The maximum absolute atomic E-state index is 11.2. The van der Waals surface area contributed by atoms with Crippen LogP contribution in [0.15, 0.2) is 18.3 Å². The fraction of sp³-hybridized carbons (Fsp3) is 0.583. The van der Waals surface area contributed by atoms with Crippen LogP contribution in [0.2, 0.25) is 0 Å². The van der Waals surface area contributed by atoms with E-state index in [1.54, 1.807) is 6.07 Å². The summed E-state index contributed by atoms with van der Waals surface area (Å²) in [5.74, 6) is 2.18. The number of halogens is 1. The van der Waals surface area contributed by atoms with E-state index in [1.165, 1.54) is 19.3 Å². The van der Waals surface area contributed by atoms with Crippen LogP contribution in [0.4, 0.5) is 5.82 Å². The number of anilines is 1. The molecule has 2 atom stereocenters. The van der Waals surface area contributed by atoms with E-state index in [0.29, 0.717) is 11.9 Å². The second-order valence-corrected chi connectivity index (χ2v) is 5.20. The molecule has 90 valence electrons. The van der Waals surface area contributed by atoms with Crippen LogP contribution < -0.4 is 10.00 Å². The summed E-state index contributed by atoms with van der Waals surface area (Å²) in [7, 11) is 0. The van der Waals surface area contributed by atoms with Gasteiger partial charge in [-0.1, -0.05) is 4.68 Å². The van der Waals surface area contributed by atoms with Crippen molar-refractivity contribution in [3.63, 3.8) is 0 Å². The van der Waals surface area contributed by atoms with E-state index >= 15 is 0 Å². The number of rotatable bonds is 3. The molecule has 1 aromatic heterocycles. The lowest BCUT2D eigenvalue weighted by atomic mass is 10.2. The fourth-order valence-corrected chi connectivity index (χ4v) is 2.83. The summed E-state index contributed by atoms with van der Waals surface area (Å²) >= 11 is 5.45. The summed E-state index contributed by atoms with van der Waals surface area (Å²) in [5, 5.41) is 7.10. The van der Waals surface area contributed by atoms with Gasteiger partial charge in [0.05, 0.1) is 0 Å². The molecule has 0 aliphatic heterocycles. The van der Waals surface area contributed by atoms with Crippen molar-refractivity contribution in [3.8, 4) is 0 Å². The number of carbonyl (C=O) groups excluding carboxylic acids is 1.